The minimum absolute atomic E-state index is 0.0452. The van der Waals surface area contributed by atoms with Gasteiger partial charge >= 0.3 is 0 Å². The van der Waals surface area contributed by atoms with Crippen LogP contribution in [0.2, 0.25) is 5.02 Å². The summed E-state index contributed by atoms with van der Waals surface area (Å²) >= 11 is 5.95. The first-order valence-electron chi connectivity index (χ1n) is 8.65. The first-order valence-corrected chi connectivity index (χ1v) is 9.03. The maximum atomic E-state index is 12.5. The van der Waals surface area contributed by atoms with Crippen molar-refractivity contribution in [2.45, 2.75) is 19.9 Å². The number of nitrogens with one attached hydrogen (secondary N) is 1. The molecule has 2 aromatic carbocycles. The van der Waals surface area contributed by atoms with Crippen LogP contribution in [0.1, 0.15) is 12.5 Å². The number of anilines is 2. The van der Waals surface area contributed by atoms with E-state index in [1.165, 1.54) is 11.3 Å². The molecule has 1 fully saturated rings. The molecule has 132 valence electrons. The Morgan fingerprint density at radius 2 is 1.60 bits per heavy atom. The summed E-state index contributed by atoms with van der Waals surface area (Å²) in [6, 6.07) is 15.7. The molecule has 0 aliphatic carbocycles. The van der Waals surface area contributed by atoms with E-state index in [0.717, 1.165) is 36.9 Å². The van der Waals surface area contributed by atoms with Gasteiger partial charge in [0, 0.05) is 42.6 Å². The summed E-state index contributed by atoms with van der Waals surface area (Å²) in [6.07, 6.45) is 0. The zero-order valence-electron chi connectivity index (χ0n) is 14.7. The van der Waals surface area contributed by atoms with Crippen LogP contribution in [0.25, 0.3) is 0 Å². The van der Waals surface area contributed by atoms with Crippen molar-refractivity contribution in [3.05, 3.63) is 59.1 Å². The smallest absolute Gasteiger partial charge is 0.241 e. The van der Waals surface area contributed by atoms with Crippen molar-refractivity contribution in [2.24, 2.45) is 0 Å². The van der Waals surface area contributed by atoms with Crippen LogP contribution in [-0.4, -0.2) is 43.0 Å². The third-order valence-corrected chi connectivity index (χ3v) is 5.00. The predicted molar refractivity (Wildman–Crippen MR) is 105 cm³/mol. The van der Waals surface area contributed by atoms with Crippen LogP contribution in [0.3, 0.4) is 0 Å². The Bertz CT molecular complexity index is 707. The van der Waals surface area contributed by atoms with Crippen LogP contribution in [0.4, 0.5) is 11.4 Å². The van der Waals surface area contributed by atoms with Gasteiger partial charge in [0.15, 0.2) is 0 Å². The van der Waals surface area contributed by atoms with Crippen molar-refractivity contribution in [3.8, 4) is 0 Å². The summed E-state index contributed by atoms with van der Waals surface area (Å²) in [4.78, 5) is 17.1. The molecule has 0 bridgehead atoms. The highest BCUT2D eigenvalue weighted by atomic mass is 35.5. The van der Waals surface area contributed by atoms with Crippen molar-refractivity contribution in [3.63, 3.8) is 0 Å². The van der Waals surface area contributed by atoms with E-state index in [4.69, 9.17) is 11.6 Å². The Morgan fingerprint density at radius 1 is 1.00 bits per heavy atom. The molecule has 1 N–H and O–H groups in total. The molecule has 0 aromatic heterocycles. The van der Waals surface area contributed by atoms with Gasteiger partial charge < -0.3 is 10.2 Å². The van der Waals surface area contributed by atoms with Gasteiger partial charge in [-0.15, -0.1) is 0 Å². The van der Waals surface area contributed by atoms with E-state index in [2.05, 4.69) is 15.1 Å². The van der Waals surface area contributed by atoms with Gasteiger partial charge in [-0.2, -0.15) is 0 Å². The summed E-state index contributed by atoms with van der Waals surface area (Å²) in [5.41, 5.74) is 3.22. The van der Waals surface area contributed by atoms with Crippen LogP contribution in [-0.2, 0) is 4.79 Å². The minimum Gasteiger partial charge on any atom is -0.369 e. The molecule has 2 aromatic rings. The molecule has 0 radical (unpaired) electrons. The molecule has 1 aliphatic heterocycles. The predicted octanol–water partition coefficient (Wildman–Crippen LogP) is 3.80. The van der Waals surface area contributed by atoms with E-state index >= 15 is 0 Å². The zero-order chi connectivity index (χ0) is 17.8. The van der Waals surface area contributed by atoms with Crippen molar-refractivity contribution in [1.29, 1.82) is 0 Å². The molecule has 0 saturated carbocycles. The minimum atomic E-state index is -0.145. The highest BCUT2D eigenvalue weighted by molar-refractivity contribution is 6.30. The molecule has 1 amide bonds. The van der Waals surface area contributed by atoms with E-state index < -0.39 is 0 Å². The summed E-state index contributed by atoms with van der Waals surface area (Å²) in [5, 5.41) is 3.76. The Kier molecular flexibility index (Phi) is 5.61. The lowest BCUT2D eigenvalue weighted by molar-refractivity contribution is -0.120. The van der Waals surface area contributed by atoms with Gasteiger partial charge in [-0.25, -0.2) is 0 Å². The molecule has 3 rings (SSSR count). The third-order valence-electron chi connectivity index (χ3n) is 4.75. The SMILES string of the molecule is Cc1ccc(NC(=O)[C@H](C)N2CCN(c3ccc(Cl)cc3)CC2)cc1. The molecule has 25 heavy (non-hydrogen) atoms. The summed E-state index contributed by atoms with van der Waals surface area (Å²) < 4.78 is 0. The summed E-state index contributed by atoms with van der Waals surface area (Å²) in [5.74, 6) is 0.0452. The second kappa shape index (κ2) is 7.89. The normalized spacial score (nSPS) is 16.5. The van der Waals surface area contributed by atoms with Gasteiger partial charge in [-0.3, -0.25) is 9.69 Å². The molecule has 1 aliphatic rings. The number of nitrogens with zero attached hydrogens (tertiary/aromatic N) is 2. The molecule has 0 spiro atoms. The number of amides is 1. The maximum absolute atomic E-state index is 12.5. The Balaban J connectivity index is 1.53. The topological polar surface area (TPSA) is 35.6 Å². The van der Waals surface area contributed by atoms with Crippen LogP contribution in [0, 0.1) is 6.92 Å². The molecule has 1 atom stereocenters. The standard InChI is InChI=1S/C20H24ClN3O/c1-15-3-7-18(8-4-15)22-20(25)16(2)23-11-13-24(14-12-23)19-9-5-17(21)6-10-19/h3-10,16H,11-14H2,1-2H3,(H,22,25)/t16-/m0/s1. The van der Waals surface area contributed by atoms with Crippen LogP contribution in [0.15, 0.2) is 48.5 Å². The van der Waals surface area contributed by atoms with Gasteiger partial charge in [0.1, 0.15) is 0 Å². The number of benzene rings is 2. The number of piperazine rings is 1. The van der Waals surface area contributed by atoms with E-state index in [9.17, 15) is 4.79 Å². The number of carbonyl (C=O) groups excluding carboxylic acids is 1. The van der Waals surface area contributed by atoms with Crippen molar-refractivity contribution < 1.29 is 4.79 Å². The fourth-order valence-electron chi connectivity index (χ4n) is 3.07. The number of halogens is 1. The fourth-order valence-corrected chi connectivity index (χ4v) is 3.19. The van der Waals surface area contributed by atoms with Gasteiger partial charge in [0.2, 0.25) is 5.91 Å². The van der Waals surface area contributed by atoms with E-state index in [1.807, 2.05) is 62.4 Å². The molecule has 1 heterocycles. The first kappa shape index (κ1) is 17.8. The second-order valence-electron chi connectivity index (χ2n) is 6.53. The van der Waals surface area contributed by atoms with Crippen LogP contribution >= 0.6 is 11.6 Å². The lowest BCUT2D eigenvalue weighted by Crippen LogP contribution is -2.52. The average Bonchev–Trinajstić information content (AvgIpc) is 2.64. The summed E-state index contributed by atoms with van der Waals surface area (Å²) in [6.45, 7) is 7.56. The molecule has 4 nitrogen and oxygen atoms in total. The van der Waals surface area contributed by atoms with Crippen molar-refractivity contribution in [2.75, 3.05) is 36.4 Å². The van der Waals surface area contributed by atoms with Gasteiger partial charge in [-0.05, 0) is 50.2 Å². The van der Waals surface area contributed by atoms with Gasteiger partial charge in [0.25, 0.3) is 0 Å². The molecular weight excluding hydrogens is 334 g/mol. The number of hydrogen-bond acceptors (Lipinski definition) is 3. The Morgan fingerprint density at radius 3 is 2.20 bits per heavy atom. The quantitative estimate of drug-likeness (QED) is 0.904. The molecule has 1 saturated heterocycles. The highest BCUT2D eigenvalue weighted by Crippen LogP contribution is 2.20. The number of hydrogen-bond donors (Lipinski definition) is 1. The van der Waals surface area contributed by atoms with Crippen molar-refractivity contribution >= 4 is 28.9 Å². The zero-order valence-corrected chi connectivity index (χ0v) is 15.5. The molecule has 0 unspecified atom stereocenters. The van der Waals surface area contributed by atoms with Crippen LogP contribution < -0.4 is 10.2 Å². The Labute approximate surface area is 154 Å². The first-order chi connectivity index (χ1) is 12.0. The highest BCUT2D eigenvalue weighted by Gasteiger charge is 2.25. The van der Waals surface area contributed by atoms with Crippen LogP contribution in [0.5, 0.6) is 0 Å². The monoisotopic (exact) mass is 357 g/mol. The molecular formula is C20H24ClN3O. The summed E-state index contributed by atoms with van der Waals surface area (Å²) in [7, 11) is 0. The maximum Gasteiger partial charge on any atom is 0.241 e. The van der Waals surface area contributed by atoms with Gasteiger partial charge in [-0.1, -0.05) is 29.3 Å². The van der Waals surface area contributed by atoms with Gasteiger partial charge in [0.05, 0.1) is 6.04 Å². The van der Waals surface area contributed by atoms with Crippen molar-refractivity contribution in [1.82, 2.24) is 4.90 Å². The van der Waals surface area contributed by atoms with E-state index in [0.29, 0.717) is 0 Å². The Hall–Kier alpha value is -2.04. The largest absolute Gasteiger partial charge is 0.369 e. The average molecular weight is 358 g/mol. The number of rotatable bonds is 4. The lowest BCUT2D eigenvalue weighted by Gasteiger charge is -2.38. The lowest BCUT2D eigenvalue weighted by atomic mass is 10.2. The fraction of sp³-hybridized carbons (Fsp3) is 0.350. The second-order valence-corrected chi connectivity index (χ2v) is 6.97. The number of carbonyl (C=O) groups is 1. The molecule has 5 heteroatoms. The third kappa shape index (κ3) is 4.53. The van der Waals surface area contributed by atoms with E-state index in [-0.39, 0.29) is 11.9 Å². The number of aryl methyl sites for hydroxylation is 1. The van der Waals surface area contributed by atoms with E-state index in [1.54, 1.807) is 0 Å².